The van der Waals surface area contributed by atoms with Gasteiger partial charge in [0.1, 0.15) is 5.75 Å². The Morgan fingerprint density at radius 3 is 2.88 bits per heavy atom. The molecule has 1 saturated carbocycles. The van der Waals surface area contributed by atoms with Crippen LogP contribution in [0, 0.1) is 11.3 Å². The van der Waals surface area contributed by atoms with E-state index >= 15 is 0 Å². The molecule has 3 N–H and O–H groups in total. The summed E-state index contributed by atoms with van der Waals surface area (Å²) in [7, 11) is 0. The van der Waals surface area contributed by atoms with Crippen LogP contribution < -0.4 is 15.8 Å². The molecule has 24 heavy (non-hydrogen) atoms. The Kier molecular flexibility index (Phi) is 4.11. The molecule has 8 heteroatoms. The number of nitrogens with two attached hydrogens (primary N) is 1. The summed E-state index contributed by atoms with van der Waals surface area (Å²) in [5.41, 5.74) is 6.21. The number of ether oxygens (including phenoxy) is 2. The highest BCUT2D eigenvalue weighted by atomic mass is 19.4. The number of guanidine groups is 1. The first-order valence-corrected chi connectivity index (χ1v) is 7.74. The highest BCUT2D eigenvalue weighted by molar-refractivity contribution is 5.92. The number of nitrogens with one attached hydrogen (secondary N) is 1. The second-order valence-corrected chi connectivity index (χ2v) is 6.73. The van der Waals surface area contributed by atoms with E-state index in [9.17, 15) is 13.2 Å². The first kappa shape index (κ1) is 16.9. The van der Waals surface area contributed by atoms with Crippen molar-refractivity contribution >= 4 is 11.6 Å². The molecule has 0 radical (unpaired) electrons. The number of anilines is 1. The van der Waals surface area contributed by atoms with Crippen molar-refractivity contribution in [1.29, 1.82) is 0 Å². The lowest BCUT2D eigenvalue weighted by molar-refractivity contribution is -0.274. The van der Waals surface area contributed by atoms with Crippen molar-refractivity contribution < 1.29 is 22.6 Å². The van der Waals surface area contributed by atoms with E-state index in [4.69, 9.17) is 10.5 Å². The van der Waals surface area contributed by atoms with Crippen LogP contribution in [0.25, 0.3) is 0 Å². The van der Waals surface area contributed by atoms with Gasteiger partial charge < -0.3 is 20.5 Å². The van der Waals surface area contributed by atoms with Crippen LogP contribution in [0.3, 0.4) is 0 Å². The topological polar surface area (TPSA) is 68.9 Å². The van der Waals surface area contributed by atoms with Gasteiger partial charge in [-0.1, -0.05) is 19.9 Å². The van der Waals surface area contributed by atoms with Gasteiger partial charge in [0.25, 0.3) is 0 Å². The van der Waals surface area contributed by atoms with Crippen LogP contribution in [0.1, 0.15) is 20.3 Å². The Labute approximate surface area is 138 Å². The molecule has 5 nitrogen and oxygen atoms in total. The van der Waals surface area contributed by atoms with Gasteiger partial charge in [-0.2, -0.15) is 0 Å². The zero-order valence-electron chi connectivity index (χ0n) is 13.4. The van der Waals surface area contributed by atoms with Crippen molar-refractivity contribution in [3.05, 3.63) is 24.3 Å². The molecule has 1 heterocycles. The van der Waals surface area contributed by atoms with E-state index in [0.29, 0.717) is 11.6 Å². The lowest BCUT2D eigenvalue weighted by Crippen LogP contribution is -2.59. The minimum atomic E-state index is -4.73. The van der Waals surface area contributed by atoms with Crippen molar-refractivity contribution in [2.75, 3.05) is 11.9 Å². The SMILES string of the molecule is CC1(C)C(N=C(N)Nc2cccc(OC(F)(F)F)c2)C2CCOC21. The molecule has 2 aliphatic rings. The Morgan fingerprint density at radius 1 is 1.42 bits per heavy atom. The number of alkyl halides is 3. The van der Waals surface area contributed by atoms with Crippen molar-refractivity contribution in [2.45, 2.75) is 38.8 Å². The lowest BCUT2D eigenvalue weighted by Gasteiger charge is -2.52. The van der Waals surface area contributed by atoms with Crippen molar-refractivity contribution in [1.82, 2.24) is 0 Å². The Bertz CT molecular complexity index is 646. The maximum Gasteiger partial charge on any atom is 0.573 e. The van der Waals surface area contributed by atoms with E-state index in [0.717, 1.165) is 13.0 Å². The third kappa shape index (κ3) is 3.28. The van der Waals surface area contributed by atoms with E-state index < -0.39 is 6.36 Å². The number of benzene rings is 1. The lowest BCUT2D eigenvalue weighted by atomic mass is 9.57. The number of halogens is 3. The van der Waals surface area contributed by atoms with Gasteiger partial charge in [-0.05, 0) is 18.6 Å². The largest absolute Gasteiger partial charge is 0.573 e. The second-order valence-electron chi connectivity index (χ2n) is 6.73. The summed E-state index contributed by atoms with van der Waals surface area (Å²) in [5, 5.41) is 2.82. The molecule has 3 unspecified atom stereocenters. The van der Waals surface area contributed by atoms with Crippen molar-refractivity contribution in [3.8, 4) is 5.75 Å². The molecule has 0 amide bonds. The average Bonchev–Trinajstić information content (AvgIpc) is 2.90. The third-order valence-electron chi connectivity index (χ3n) is 4.66. The highest BCUT2D eigenvalue weighted by Gasteiger charge is 2.59. The van der Waals surface area contributed by atoms with Crippen LogP contribution in [-0.4, -0.2) is 31.1 Å². The van der Waals surface area contributed by atoms with Gasteiger partial charge in [0.15, 0.2) is 5.96 Å². The molecule has 1 aromatic rings. The van der Waals surface area contributed by atoms with Crippen LogP contribution in [0.15, 0.2) is 29.3 Å². The van der Waals surface area contributed by atoms with Gasteiger partial charge in [0.2, 0.25) is 0 Å². The predicted molar refractivity (Wildman–Crippen MR) is 83.8 cm³/mol. The molecule has 2 fully saturated rings. The number of hydrogen-bond donors (Lipinski definition) is 2. The summed E-state index contributed by atoms with van der Waals surface area (Å²) in [4.78, 5) is 4.52. The van der Waals surface area contributed by atoms with E-state index in [2.05, 4.69) is 28.9 Å². The fourth-order valence-electron chi connectivity index (χ4n) is 3.66. The standard InChI is InChI=1S/C16H20F3N3O2/c1-15(2)12(11-6-7-23-13(11)15)22-14(20)21-9-4-3-5-10(8-9)24-16(17,18)19/h3-5,8,11-13H,6-7H2,1-2H3,(H3,20,21,22). The molecule has 0 aromatic heterocycles. The fraction of sp³-hybridized carbons (Fsp3) is 0.562. The number of hydrogen-bond acceptors (Lipinski definition) is 3. The van der Waals surface area contributed by atoms with Crippen LogP contribution in [-0.2, 0) is 4.74 Å². The van der Waals surface area contributed by atoms with E-state index in [-0.39, 0.29) is 29.3 Å². The molecular formula is C16H20F3N3O2. The molecule has 0 bridgehead atoms. The Morgan fingerprint density at radius 2 is 2.17 bits per heavy atom. The number of aliphatic imine (C=N–C) groups is 1. The van der Waals surface area contributed by atoms with E-state index in [1.807, 2.05) is 0 Å². The zero-order valence-corrected chi connectivity index (χ0v) is 13.4. The second kappa shape index (κ2) is 5.84. The number of nitrogens with zero attached hydrogens (tertiary/aromatic N) is 1. The van der Waals surface area contributed by atoms with Gasteiger partial charge >= 0.3 is 6.36 Å². The summed E-state index contributed by atoms with van der Waals surface area (Å²) in [6.07, 6.45) is -3.58. The molecule has 3 rings (SSSR count). The maximum absolute atomic E-state index is 12.3. The minimum Gasteiger partial charge on any atom is -0.406 e. The average molecular weight is 343 g/mol. The Hall–Kier alpha value is -1.96. The quantitative estimate of drug-likeness (QED) is 0.654. The normalized spacial score (nSPS) is 28.9. The van der Waals surface area contributed by atoms with E-state index in [1.54, 1.807) is 6.07 Å². The predicted octanol–water partition coefficient (Wildman–Crippen LogP) is 3.13. The molecule has 1 aliphatic heterocycles. The first-order valence-electron chi connectivity index (χ1n) is 7.74. The summed E-state index contributed by atoms with van der Waals surface area (Å²) < 4.78 is 46.4. The molecule has 3 atom stereocenters. The first-order chi connectivity index (χ1) is 11.2. The van der Waals surface area contributed by atoms with Gasteiger partial charge in [0, 0.05) is 29.7 Å². The summed E-state index contributed by atoms with van der Waals surface area (Å²) in [6.45, 7) is 4.90. The summed E-state index contributed by atoms with van der Waals surface area (Å²) >= 11 is 0. The number of fused-ring (bicyclic) bond motifs is 1. The van der Waals surface area contributed by atoms with Gasteiger partial charge in [-0.3, -0.25) is 0 Å². The summed E-state index contributed by atoms with van der Waals surface area (Å²) in [5.74, 6) is 0.205. The monoisotopic (exact) mass is 343 g/mol. The molecule has 1 saturated heterocycles. The molecule has 132 valence electrons. The maximum atomic E-state index is 12.3. The summed E-state index contributed by atoms with van der Waals surface area (Å²) in [6, 6.07) is 5.53. The highest BCUT2D eigenvalue weighted by Crippen LogP contribution is 2.53. The van der Waals surface area contributed by atoms with Crippen molar-refractivity contribution in [3.63, 3.8) is 0 Å². The molecular weight excluding hydrogens is 323 g/mol. The number of rotatable bonds is 3. The van der Waals surface area contributed by atoms with Gasteiger partial charge in [0.05, 0.1) is 12.1 Å². The van der Waals surface area contributed by atoms with Crippen LogP contribution in [0.4, 0.5) is 18.9 Å². The van der Waals surface area contributed by atoms with Crippen LogP contribution in [0.5, 0.6) is 5.75 Å². The molecule has 1 aliphatic carbocycles. The van der Waals surface area contributed by atoms with Crippen LogP contribution in [0.2, 0.25) is 0 Å². The van der Waals surface area contributed by atoms with Gasteiger partial charge in [-0.15, -0.1) is 13.2 Å². The third-order valence-corrected chi connectivity index (χ3v) is 4.66. The van der Waals surface area contributed by atoms with E-state index in [1.165, 1.54) is 18.2 Å². The fourth-order valence-corrected chi connectivity index (χ4v) is 3.66. The van der Waals surface area contributed by atoms with Crippen LogP contribution >= 0.6 is 0 Å². The molecule has 0 spiro atoms. The Balaban J connectivity index is 1.69. The molecule has 1 aromatic carbocycles. The zero-order chi connectivity index (χ0) is 17.5. The minimum absolute atomic E-state index is 0.0344. The van der Waals surface area contributed by atoms with Gasteiger partial charge in [-0.25, -0.2) is 4.99 Å². The smallest absolute Gasteiger partial charge is 0.406 e. The van der Waals surface area contributed by atoms with Crippen molar-refractivity contribution in [2.24, 2.45) is 22.1 Å².